The molecular formula is C19H25ClF2N4O3S. The van der Waals surface area contributed by atoms with E-state index in [9.17, 15) is 19.0 Å². The van der Waals surface area contributed by atoms with Crippen LogP contribution in [0.25, 0.3) is 0 Å². The van der Waals surface area contributed by atoms with Crippen molar-refractivity contribution in [2.45, 2.75) is 69.6 Å². The molecule has 2 aliphatic rings. The summed E-state index contributed by atoms with van der Waals surface area (Å²) in [4.78, 5) is 2.85. The van der Waals surface area contributed by atoms with Crippen LogP contribution in [-0.2, 0) is 29.0 Å². The number of fused-ring (bicyclic) bond motifs is 2. The molecule has 0 aliphatic carbocycles. The molecule has 2 N–H and O–H groups in total. The molecule has 1 saturated heterocycles. The SMILES string of the molecule is CC(O)Cn1cc(CN2CC[C@]3(C[C@@H]2C)OC[C@](O)(C(F)F)c2cc(Cl)sc23)nn1. The molecule has 0 bridgehead atoms. The standard InChI is InChI=1S/C19H25ClF2N4O3S/c1-11-6-18(3-4-25(11)8-13-9-26(24-23-13)7-12(2)27)16-14(5-15(20)30-16)19(28,10-29-18)17(21)22/h5,9,11-12,17,27-28H,3-4,6-8,10H2,1-2H3/t11-,12?,18+,19+/m0/s1. The average Bonchev–Trinajstić information content (AvgIpc) is 3.27. The molecule has 7 nitrogen and oxygen atoms in total. The second-order valence-corrected chi connectivity index (χ2v) is 10.0. The first kappa shape index (κ1) is 22.0. The third-order valence-electron chi connectivity index (χ3n) is 5.97. The van der Waals surface area contributed by atoms with Crippen molar-refractivity contribution in [1.29, 1.82) is 0 Å². The largest absolute Gasteiger partial charge is 0.391 e. The summed E-state index contributed by atoms with van der Waals surface area (Å²) in [6, 6.07) is 1.54. The van der Waals surface area contributed by atoms with Crippen LogP contribution in [0.3, 0.4) is 0 Å². The Bertz CT molecular complexity index is 910. The van der Waals surface area contributed by atoms with Crippen molar-refractivity contribution in [2.24, 2.45) is 0 Å². The van der Waals surface area contributed by atoms with Gasteiger partial charge in [0.25, 0.3) is 6.43 Å². The summed E-state index contributed by atoms with van der Waals surface area (Å²) in [5, 5.41) is 28.2. The Balaban J connectivity index is 1.51. The topological polar surface area (TPSA) is 83.6 Å². The number of thiophene rings is 1. The van der Waals surface area contributed by atoms with Crippen LogP contribution in [-0.4, -0.2) is 61.8 Å². The lowest BCUT2D eigenvalue weighted by molar-refractivity contribution is -0.210. The Morgan fingerprint density at radius 2 is 2.23 bits per heavy atom. The molecule has 166 valence electrons. The quantitative estimate of drug-likeness (QED) is 0.711. The monoisotopic (exact) mass is 462 g/mol. The highest BCUT2D eigenvalue weighted by Gasteiger charge is 2.54. The first-order chi connectivity index (χ1) is 14.1. The molecule has 1 fully saturated rings. The van der Waals surface area contributed by atoms with Gasteiger partial charge < -0.3 is 14.9 Å². The number of piperidine rings is 1. The maximum Gasteiger partial charge on any atom is 0.273 e. The van der Waals surface area contributed by atoms with E-state index in [2.05, 4.69) is 22.1 Å². The first-order valence-corrected chi connectivity index (χ1v) is 11.1. The lowest BCUT2D eigenvalue weighted by atomic mass is 9.78. The molecule has 0 radical (unpaired) electrons. The molecule has 4 atom stereocenters. The number of halogens is 3. The Morgan fingerprint density at radius 1 is 1.47 bits per heavy atom. The molecule has 4 rings (SSSR count). The van der Waals surface area contributed by atoms with E-state index in [4.69, 9.17) is 16.3 Å². The maximum absolute atomic E-state index is 13.6. The lowest BCUT2D eigenvalue weighted by Gasteiger charge is -2.49. The van der Waals surface area contributed by atoms with Gasteiger partial charge in [-0.15, -0.1) is 16.4 Å². The molecule has 1 spiro atoms. The van der Waals surface area contributed by atoms with Crippen molar-refractivity contribution in [2.75, 3.05) is 13.2 Å². The van der Waals surface area contributed by atoms with E-state index in [1.54, 1.807) is 11.6 Å². The molecule has 11 heteroatoms. The molecule has 0 saturated carbocycles. The number of ether oxygens (including phenoxy) is 1. The van der Waals surface area contributed by atoms with Gasteiger partial charge in [0.1, 0.15) is 5.60 Å². The number of alkyl halides is 2. The maximum atomic E-state index is 13.6. The van der Waals surface area contributed by atoms with Crippen molar-refractivity contribution in [1.82, 2.24) is 19.9 Å². The average molecular weight is 463 g/mol. The first-order valence-electron chi connectivity index (χ1n) is 9.89. The van der Waals surface area contributed by atoms with Crippen LogP contribution < -0.4 is 0 Å². The molecule has 0 aromatic carbocycles. The number of rotatable bonds is 5. The predicted octanol–water partition coefficient (Wildman–Crippen LogP) is 2.74. The van der Waals surface area contributed by atoms with Crippen LogP contribution in [0.5, 0.6) is 0 Å². The number of aromatic nitrogens is 3. The van der Waals surface area contributed by atoms with Crippen LogP contribution in [0.4, 0.5) is 8.78 Å². The smallest absolute Gasteiger partial charge is 0.273 e. The van der Waals surface area contributed by atoms with Gasteiger partial charge in [-0.25, -0.2) is 13.5 Å². The Labute approximate surface area is 182 Å². The third-order valence-corrected chi connectivity index (χ3v) is 7.42. The van der Waals surface area contributed by atoms with Crippen LogP contribution in [0.15, 0.2) is 12.3 Å². The van der Waals surface area contributed by atoms with Crippen LogP contribution in [0, 0.1) is 0 Å². The summed E-state index contributed by atoms with van der Waals surface area (Å²) in [7, 11) is 0. The van der Waals surface area contributed by atoms with E-state index < -0.39 is 30.3 Å². The fourth-order valence-electron chi connectivity index (χ4n) is 4.40. The summed E-state index contributed by atoms with van der Waals surface area (Å²) in [6.45, 7) is 4.95. The summed E-state index contributed by atoms with van der Waals surface area (Å²) >= 11 is 7.37. The Morgan fingerprint density at radius 3 is 2.90 bits per heavy atom. The fraction of sp³-hybridized carbons (Fsp3) is 0.684. The van der Waals surface area contributed by atoms with Crippen molar-refractivity contribution in [3.8, 4) is 0 Å². The van der Waals surface area contributed by atoms with Gasteiger partial charge in [-0.05, 0) is 32.8 Å². The zero-order valence-electron chi connectivity index (χ0n) is 16.8. The van der Waals surface area contributed by atoms with Crippen molar-refractivity contribution in [3.63, 3.8) is 0 Å². The molecule has 30 heavy (non-hydrogen) atoms. The second-order valence-electron chi connectivity index (χ2n) is 8.36. The number of likely N-dealkylation sites (tertiary alicyclic amines) is 1. The molecule has 2 aromatic heterocycles. The van der Waals surface area contributed by atoms with Crippen LogP contribution in [0.2, 0.25) is 4.34 Å². The molecule has 1 unspecified atom stereocenters. The molecule has 0 amide bonds. The van der Waals surface area contributed by atoms with E-state index in [0.29, 0.717) is 41.7 Å². The minimum Gasteiger partial charge on any atom is -0.391 e. The summed E-state index contributed by atoms with van der Waals surface area (Å²) in [6.07, 6.45) is -0.447. The molecule has 2 aromatic rings. The number of aliphatic hydroxyl groups excluding tert-OH is 1. The second kappa shape index (κ2) is 8.07. The predicted molar refractivity (Wildman–Crippen MR) is 108 cm³/mol. The summed E-state index contributed by atoms with van der Waals surface area (Å²) in [5.74, 6) is 0. The summed E-state index contributed by atoms with van der Waals surface area (Å²) < 4.78 is 35.2. The van der Waals surface area contributed by atoms with Crippen LogP contribution >= 0.6 is 22.9 Å². The van der Waals surface area contributed by atoms with Gasteiger partial charge in [-0.3, -0.25) is 4.90 Å². The molecule has 2 aliphatic heterocycles. The number of nitrogens with zero attached hydrogens (tertiary/aromatic N) is 4. The minimum atomic E-state index is -2.96. The molecular weight excluding hydrogens is 438 g/mol. The number of hydrogen-bond acceptors (Lipinski definition) is 7. The van der Waals surface area contributed by atoms with E-state index in [1.807, 2.05) is 6.20 Å². The van der Waals surface area contributed by atoms with Gasteiger partial charge in [-0.2, -0.15) is 0 Å². The van der Waals surface area contributed by atoms with Gasteiger partial charge in [0, 0.05) is 35.8 Å². The van der Waals surface area contributed by atoms with Gasteiger partial charge in [0.2, 0.25) is 0 Å². The summed E-state index contributed by atoms with van der Waals surface area (Å²) in [5.41, 5.74) is -2.06. The fourth-order valence-corrected chi connectivity index (χ4v) is 5.89. The Hall–Kier alpha value is -1.17. The highest BCUT2D eigenvalue weighted by Crippen LogP contribution is 2.53. The third kappa shape index (κ3) is 3.89. The zero-order valence-corrected chi connectivity index (χ0v) is 18.3. The van der Waals surface area contributed by atoms with E-state index >= 15 is 0 Å². The van der Waals surface area contributed by atoms with Crippen molar-refractivity contribution >= 4 is 22.9 Å². The lowest BCUT2D eigenvalue weighted by Crippen LogP contribution is -2.54. The van der Waals surface area contributed by atoms with Gasteiger partial charge in [-0.1, -0.05) is 16.8 Å². The normalized spacial score (nSPS) is 30.7. The van der Waals surface area contributed by atoms with E-state index in [1.165, 1.54) is 17.4 Å². The van der Waals surface area contributed by atoms with E-state index in [0.717, 1.165) is 5.69 Å². The van der Waals surface area contributed by atoms with Gasteiger partial charge in [0.15, 0.2) is 5.60 Å². The molecule has 4 heterocycles. The minimum absolute atomic E-state index is 0.0899. The highest BCUT2D eigenvalue weighted by molar-refractivity contribution is 7.16. The number of aliphatic hydroxyl groups is 2. The number of hydrogen-bond donors (Lipinski definition) is 2. The highest BCUT2D eigenvalue weighted by atomic mass is 35.5. The van der Waals surface area contributed by atoms with Crippen molar-refractivity contribution in [3.05, 3.63) is 32.7 Å². The Kier molecular flexibility index (Phi) is 5.93. The van der Waals surface area contributed by atoms with Gasteiger partial charge in [0.05, 0.1) is 29.3 Å². The van der Waals surface area contributed by atoms with E-state index in [-0.39, 0.29) is 11.6 Å². The zero-order chi connectivity index (χ0) is 21.7. The van der Waals surface area contributed by atoms with Crippen molar-refractivity contribution < 1.29 is 23.7 Å². The van der Waals surface area contributed by atoms with Crippen LogP contribution in [0.1, 0.15) is 42.8 Å². The van der Waals surface area contributed by atoms with Gasteiger partial charge >= 0.3 is 0 Å².